The van der Waals surface area contributed by atoms with Gasteiger partial charge in [0.15, 0.2) is 0 Å². The van der Waals surface area contributed by atoms with Gasteiger partial charge >= 0.3 is 0 Å². The molecule has 0 radical (unpaired) electrons. The number of amides is 1. The summed E-state index contributed by atoms with van der Waals surface area (Å²) in [7, 11) is 0. The Morgan fingerprint density at radius 1 is 1.16 bits per heavy atom. The fourth-order valence-corrected chi connectivity index (χ4v) is 6.91. The molecule has 192 valence electrons. The van der Waals surface area contributed by atoms with Gasteiger partial charge in [-0.3, -0.25) is 19.7 Å². The van der Waals surface area contributed by atoms with Gasteiger partial charge in [0, 0.05) is 27.3 Å². The Balaban J connectivity index is 1.57. The highest BCUT2D eigenvalue weighted by atomic mass is 35.5. The minimum atomic E-state index is -2.42. The molecule has 3 aromatic carbocycles. The number of ether oxygens (including phenoxy) is 1. The summed E-state index contributed by atoms with van der Waals surface area (Å²) in [5.74, 6) is -3.63. The van der Waals surface area contributed by atoms with Crippen molar-refractivity contribution in [1.29, 1.82) is 0 Å². The molecule has 0 bridgehead atoms. The zero-order valence-corrected chi connectivity index (χ0v) is 22.1. The van der Waals surface area contributed by atoms with Crippen molar-refractivity contribution in [2.24, 2.45) is 0 Å². The molecule has 8 nitrogen and oxygen atoms in total. The van der Waals surface area contributed by atoms with Crippen LogP contribution in [0.1, 0.15) is 62.0 Å². The van der Waals surface area contributed by atoms with Crippen LogP contribution in [-0.4, -0.2) is 21.7 Å². The number of rotatable bonds is 4. The van der Waals surface area contributed by atoms with E-state index in [4.69, 9.17) is 16.3 Å². The van der Waals surface area contributed by atoms with Crippen LogP contribution in [0.15, 0.2) is 54.6 Å². The van der Waals surface area contributed by atoms with Crippen molar-refractivity contribution in [1.82, 2.24) is 5.32 Å². The van der Waals surface area contributed by atoms with Crippen LogP contribution in [0.3, 0.4) is 0 Å². The molecule has 4 aromatic rings. The van der Waals surface area contributed by atoms with Gasteiger partial charge in [0.25, 0.3) is 17.4 Å². The number of nitro benzene ring substituents is 1. The van der Waals surface area contributed by atoms with Gasteiger partial charge < -0.3 is 15.2 Å². The lowest BCUT2D eigenvalue weighted by atomic mass is 9.82. The molecule has 38 heavy (non-hydrogen) atoms. The Labute approximate surface area is 226 Å². The van der Waals surface area contributed by atoms with E-state index in [9.17, 15) is 24.8 Å². The van der Waals surface area contributed by atoms with Gasteiger partial charge in [0.1, 0.15) is 16.2 Å². The third-order valence-corrected chi connectivity index (χ3v) is 8.96. The Kier molecular flexibility index (Phi) is 5.23. The predicted molar refractivity (Wildman–Crippen MR) is 143 cm³/mol. The number of benzene rings is 3. The molecule has 1 amide bonds. The number of Topliss-reactive ketones (excluding diaryl/α,β-unsaturated/α-hetero) is 1. The minimum Gasteiger partial charge on any atom is -0.454 e. The lowest BCUT2D eigenvalue weighted by Crippen LogP contribution is -2.60. The standard InChI is InChI=1S/C28H21ClN2O6S/c1-13(2)15-8-10-17-20(12-15)37-28(34)18-5-4-6-19(31(35)36)22(18)25(32)27(17,28)30-26(33)24-23(29)16-9-7-14(3)11-21(16)38-24/h4-13,34H,1-3H3,(H,30,33). The molecule has 1 aliphatic carbocycles. The number of ketones is 1. The lowest BCUT2D eigenvalue weighted by molar-refractivity contribution is -0.385. The number of nitrogens with zero attached hydrogens (tertiary/aromatic N) is 1. The van der Waals surface area contributed by atoms with E-state index in [2.05, 4.69) is 5.32 Å². The third-order valence-electron chi connectivity index (χ3n) is 7.31. The molecule has 1 aromatic heterocycles. The van der Waals surface area contributed by atoms with Gasteiger partial charge in [0.2, 0.25) is 11.3 Å². The normalized spacial score (nSPS) is 21.3. The van der Waals surface area contributed by atoms with Crippen molar-refractivity contribution in [3.63, 3.8) is 0 Å². The summed E-state index contributed by atoms with van der Waals surface area (Å²) in [5.41, 5.74) is -0.954. The van der Waals surface area contributed by atoms with Crippen molar-refractivity contribution in [3.8, 4) is 5.75 Å². The highest BCUT2D eigenvalue weighted by Gasteiger charge is 2.73. The van der Waals surface area contributed by atoms with Crippen molar-refractivity contribution >= 4 is 50.4 Å². The van der Waals surface area contributed by atoms with Crippen LogP contribution < -0.4 is 10.1 Å². The second-order valence-corrected chi connectivity index (χ2v) is 11.3. The first-order valence-electron chi connectivity index (χ1n) is 11.9. The van der Waals surface area contributed by atoms with Crippen LogP contribution in [0.5, 0.6) is 5.75 Å². The maximum Gasteiger partial charge on any atom is 0.280 e. The first kappa shape index (κ1) is 24.5. The van der Waals surface area contributed by atoms with E-state index in [-0.39, 0.29) is 38.3 Å². The van der Waals surface area contributed by atoms with E-state index in [1.807, 2.05) is 39.0 Å². The number of carbonyl (C=O) groups is 2. The fraction of sp³-hybridized carbons (Fsp3) is 0.214. The summed E-state index contributed by atoms with van der Waals surface area (Å²) in [6, 6.07) is 14.7. The molecule has 1 aliphatic heterocycles. The topological polar surface area (TPSA) is 119 Å². The predicted octanol–water partition coefficient (Wildman–Crippen LogP) is 5.95. The van der Waals surface area contributed by atoms with E-state index in [0.29, 0.717) is 5.39 Å². The van der Waals surface area contributed by atoms with Crippen LogP contribution in [0, 0.1) is 17.0 Å². The average Bonchev–Trinajstić information content (AvgIpc) is 3.40. The highest BCUT2D eigenvalue weighted by molar-refractivity contribution is 7.21. The van der Waals surface area contributed by atoms with Gasteiger partial charge in [-0.2, -0.15) is 0 Å². The van der Waals surface area contributed by atoms with Crippen LogP contribution >= 0.6 is 22.9 Å². The molecule has 2 atom stereocenters. The van der Waals surface area contributed by atoms with Gasteiger partial charge in [-0.25, -0.2) is 0 Å². The summed E-state index contributed by atoms with van der Waals surface area (Å²) in [4.78, 5) is 39.3. The number of fused-ring (bicyclic) bond motifs is 6. The van der Waals surface area contributed by atoms with Gasteiger partial charge in [-0.15, -0.1) is 11.3 Å². The maximum atomic E-state index is 14.2. The molecular weight excluding hydrogens is 528 g/mol. The van der Waals surface area contributed by atoms with E-state index in [1.54, 1.807) is 18.2 Å². The fourth-order valence-electron chi connectivity index (χ4n) is 5.40. The first-order valence-corrected chi connectivity index (χ1v) is 13.1. The molecule has 10 heteroatoms. The van der Waals surface area contributed by atoms with Gasteiger partial charge in [-0.05, 0) is 36.1 Å². The Morgan fingerprint density at radius 3 is 2.63 bits per heavy atom. The summed E-state index contributed by atoms with van der Waals surface area (Å²) in [5, 5.41) is 27.6. The molecule has 2 unspecified atom stereocenters. The minimum absolute atomic E-state index is 0.0858. The highest BCUT2D eigenvalue weighted by Crippen LogP contribution is 2.60. The summed E-state index contributed by atoms with van der Waals surface area (Å²) >= 11 is 7.75. The molecule has 0 fully saturated rings. The van der Waals surface area contributed by atoms with Crippen molar-refractivity contribution < 1.29 is 24.4 Å². The van der Waals surface area contributed by atoms with Crippen LogP contribution in [-0.2, 0) is 11.3 Å². The molecule has 2 N–H and O–H groups in total. The molecule has 0 saturated heterocycles. The number of nitro groups is 1. The van der Waals surface area contributed by atoms with Crippen molar-refractivity contribution in [3.05, 3.63) is 102 Å². The maximum absolute atomic E-state index is 14.2. The summed E-state index contributed by atoms with van der Waals surface area (Å²) in [6.07, 6.45) is 0. The number of carbonyl (C=O) groups excluding carboxylic acids is 2. The SMILES string of the molecule is Cc1ccc2c(Cl)c(C(=O)NC34C(=O)c5c([N+](=O)[O-])cccc5C3(O)Oc3cc(C(C)C)ccc34)sc2c1. The van der Waals surface area contributed by atoms with E-state index < -0.39 is 33.6 Å². The van der Waals surface area contributed by atoms with Crippen LogP contribution in [0.25, 0.3) is 10.1 Å². The Morgan fingerprint density at radius 2 is 1.92 bits per heavy atom. The number of thiophene rings is 1. The number of aryl methyl sites for hydroxylation is 1. The second-order valence-electron chi connectivity index (χ2n) is 9.89. The molecule has 2 aliphatic rings. The van der Waals surface area contributed by atoms with Crippen LogP contribution in [0.2, 0.25) is 5.02 Å². The monoisotopic (exact) mass is 548 g/mol. The van der Waals surface area contributed by atoms with Crippen molar-refractivity contribution in [2.45, 2.75) is 38.0 Å². The third kappa shape index (κ3) is 3.06. The number of hydrogen-bond acceptors (Lipinski definition) is 7. The lowest BCUT2D eigenvalue weighted by Gasteiger charge is -2.34. The largest absolute Gasteiger partial charge is 0.454 e. The number of hydrogen-bond donors (Lipinski definition) is 2. The van der Waals surface area contributed by atoms with Gasteiger partial charge in [-0.1, -0.05) is 61.8 Å². The summed E-state index contributed by atoms with van der Waals surface area (Å²) in [6.45, 7) is 5.89. The Bertz CT molecular complexity index is 1730. The van der Waals surface area contributed by atoms with E-state index in [1.165, 1.54) is 18.2 Å². The number of aliphatic hydroxyl groups is 1. The quantitative estimate of drug-likeness (QED) is 0.240. The first-order chi connectivity index (χ1) is 18.0. The smallest absolute Gasteiger partial charge is 0.280 e. The number of halogens is 1. The second kappa shape index (κ2) is 8.10. The van der Waals surface area contributed by atoms with Gasteiger partial charge in [0.05, 0.1) is 9.95 Å². The zero-order valence-electron chi connectivity index (χ0n) is 20.5. The molecule has 0 spiro atoms. The van der Waals surface area contributed by atoms with E-state index >= 15 is 0 Å². The zero-order chi connectivity index (χ0) is 27.1. The molecule has 6 rings (SSSR count). The average molecular weight is 549 g/mol. The van der Waals surface area contributed by atoms with Crippen LogP contribution in [0.4, 0.5) is 5.69 Å². The number of nitrogens with one attached hydrogen (secondary N) is 1. The molecule has 0 saturated carbocycles. The Hall–Kier alpha value is -3.79. The van der Waals surface area contributed by atoms with Crippen molar-refractivity contribution in [2.75, 3.05) is 0 Å². The molecule has 2 heterocycles. The summed E-state index contributed by atoms with van der Waals surface area (Å²) < 4.78 is 6.84. The molecular formula is C28H21ClN2O6S. The van der Waals surface area contributed by atoms with E-state index in [0.717, 1.165) is 27.2 Å².